The molecule has 1 atom stereocenters. The van der Waals surface area contributed by atoms with Crippen LogP contribution in [0.1, 0.15) is 26.3 Å². The van der Waals surface area contributed by atoms with E-state index in [4.69, 9.17) is 21.1 Å². The van der Waals surface area contributed by atoms with E-state index in [1.54, 1.807) is 24.3 Å². The first kappa shape index (κ1) is 20.1. The number of carbonyl (C=O) groups is 3. The molecule has 0 heterocycles. The maximum atomic E-state index is 11.2. The van der Waals surface area contributed by atoms with Gasteiger partial charge in [-0.05, 0) is 41.3 Å². The maximum Gasteiger partial charge on any atom is 0.335 e. The van der Waals surface area contributed by atoms with Crippen molar-refractivity contribution >= 4 is 30.3 Å². The zero-order chi connectivity index (χ0) is 17.9. The second kappa shape index (κ2) is 8.27. The number of benzene rings is 2. The Morgan fingerprint density at radius 2 is 1.44 bits per heavy atom. The number of hydrogen-bond acceptors (Lipinski definition) is 4. The van der Waals surface area contributed by atoms with Crippen LogP contribution in [0.2, 0.25) is 0 Å². The van der Waals surface area contributed by atoms with Gasteiger partial charge in [0.2, 0.25) is 0 Å². The van der Waals surface area contributed by atoms with E-state index in [-0.39, 0.29) is 30.0 Å². The fourth-order valence-corrected chi connectivity index (χ4v) is 2.26. The third-order valence-corrected chi connectivity index (χ3v) is 3.46. The lowest BCUT2D eigenvalue weighted by atomic mass is 9.96. The van der Waals surface area contributed by atoms with Gasteiger partial charge in [0.05, 0.1) is 11.1 Å². The zero-order valence-electron chi connectivity index (χ0n) is 12.9. The van der Waals surface area contributed by atoms with Gasteiger partial charge < -0.3 is 21.1 Å². The second-order valence-electron chi connectivity index (χ2n) is 5.26. The Labute approximate surface area is 149 Å². The highest BCUT2D eigenvalue weighted by Gasteiger charge is 2.15. The van der Waals surface area contributed by atoms with Gasteiger partial charge in [0.25, 0.3) is 0 Å². The molecule has 0 aliphatic heterocycles. The minimum atomic E-state index is -1.23. The molecular formula is C17H16ClNO6. The van der Waals surface area contributed by atoms with Crippen LogP contribution in [0.4, 0.5) is 0 Å². The number of aliphatic carboxylic acids is 1. The highest BCUT2D eigenvalue weighted by molar-refractivity contribution is 5.96. The third-order valence-electron chi connectivity index (χ3n) is 3.46. The molecule has 25 heavy (non-hydrogen) atoms. The minimum Gasteiger partial charge on any atom is -0.480 e. The minimum absolute atomic E-state index is 0. The van der Waals surface area contributed by atoms with Crippen molar-refractivity contribution in [2.45, 2.75) is 12.5 Å². The summed E-state index contributed by atoms with van der Waals surface area (Å²) in [5, 5.41) is 27.1. The van der Waals surface area contributed by atoms with Crippen molar-refractivity contribution < 1.29 is 29.7 Å². The van der Waals surface area contributed by atoms with Gasteiger partial charge in [-0.3, -0.25) is 4.79 Å². The van der Waals surface area contributed by atoms with Crippen LogP contribution in [-0.4, -0.2) is 39.3 Å². The summed E-state index contributed by atoms with van der Waals surface area (Å²) in [4.78, 5) is 33.2. The van der Waals surface area contributed by atoms with Crippen molar-refractivity contribution in [2.75, 3.05) is 0 Å². The molecule has 2 aromatic carbocycles. The molecular weight excluding hydrogens is 350 g/mol. The van der Waals surface area contributed by atoms with Crippen molar-refractivity contribution in [2.24, 2.45) is 5.73 Å². The van der Waals surface area contributed by atoms with E-state index in [1.165, 1.54) is 12.1 Å². The number of nitrogens with two attached hydrogens (primary N) is 1. The van der Waals surface area contributed by atoms with E-state index in [1.807, 2.05) is 0 Å². The summed E-state index contributed by atoms with van der Waals surface area (Å²) in [7, 11) is 0. The molecule has 2 rings (SSSR count). The lowest BCUT2D eigenvalue weighted by Gasteiger charge is -2.10. The first-order valence-electron chi connectivity index (χ1n) is 6.97. The van der Waals surface area contributed by atoms with Crippen LogP contribution in [0, 0.1) is 0 Å². The molecule has 7 nitrogen and oxygen atoms in total. The van der Waals surface area contributed by atoms with Crippen molar-refractivity contribution in [3.8, 4) is 11.1 Å². The van der Waals surface area contributed by atoms with Crippen LogP contribution in [0.15, 0.2) is 42.5 Å². The number of aromatic carboxylic acids is 2. The fraction of sp³-hybridized carbons (Fsp3) is 0.118. The molecule has 2 aromatic rings. The van der Waals surface area contributed by atoms with Crippen LogP contribution < -0.4 is 5.73 Å². The average Bonchev–Trinajstić information content (AvgIpc) is 2.54. The molecule has 0 aliphatic rings. The molecule has 0 saturated carbocycles. The van der Waals surface area contributed by atoms with Gasteiger partial charge in [-0.15, -0.1) is 12.4 Å². The van der Waals surface area contributed by atoms with Crippen LogP contribution >= 0.6 is 12.4 Å². The lowest BCUT2D eigenvalue weighted by Crippen LogP contribution is -2.32. The van der Waals surface area contributed by atoms with E-state index >= 15 is 0 Å². The van der Waals surface area contributed by atoms with Crippen LogP contribution in [-0.2, 0) is 11.2 Å². The van der Waals surface area contributed by atoms with Gasteiger partial charge >= 0.3 is 17.9 Å². The molecule has 8 heteroatoms. The molecule has 0 aliphatic carbocycles. The van der Waals surface area contributed by atoms with Crippen LogP contribution in [0.25, 0.3) is 11.1 Å². The third kappa shape index (κ3) is 5.03. The molecule has 0 aromatic heterocycles. The molecule has 0 amide bonds. The average molecular weight is 366 g/mol. The molecule has 0 spiro atoms. The molecule has 0 radical (unpaired) electrons. The first-order chi connectivity index (χ1) is 11.3. The van der Waals surface area contributed by atoms with E-state index in [0.717, 1.165) is 6.07 Å². The van der Waals surface area contributed by atoms with Crippen molar-refractivity contribution in [1.29, 1.82) is 0 Å². The van der Waals surface area contributed by atoms with E-state index < -0.39 is 23.9 Å². The SMILES string of the molecule is Cl.NC(Cc1cccc(-c2cc(C(=O)O)cc(C(=O)O)c2)c1)C(=O)O. The van der Waals surface area contributed by atoms with Crippen molar-refractivity contribution in [3.63, 3.8) is 0 Å². The first-order valence-corrected chi connectivity index (χ1v) is 6.97. The van der Waals surface area contributed by atoms with Gasteiger partial charge in [0, 0.05) is 0 Å². The highest BCUT2D eigenvalue weighted by atomic mass is 35.5. The quantitative estimate of drug-likeness (QED) is 0.615. The zero-order valence-corrected chi connectivity index (χ0v) is 13.7. The van der Waals surface area contributed by atoms with Gasteiger partial charge in [-0.1, -0.05) is 24.3 Å². The van der Waals surface area contributed by atoms with Crippen LogP contribution in [0.5, 0.6) is 0 Å². The lowest BCUT2D eigenvalue weighted by molar-refractivity contribution is -0.138. The van der Waals surface area contributed by atoms with Gasteiger partial charge in [0.15, 0.2) is 0 Å². The molecule has 0 bridgehead atoms. The molecule has 0 fully saturated rings. The maximum absolute atomic E-state index is 11.2. The Morgan fingerprint density at radius 3 is 1.92 bits per heavy atom. The smallest absolute Gasteiger partial charge is 0.335 e. The Morgan fingerprint density at radius 1 is 0.880 bits per heavy atom. The number of rotatable bonds is 6. The normalized spacial score (nSPS) is 11.2. The predicted octanol–water partition coefficient (Wildman–Crippen LogP) is 2.13. The topological polar surface area (TPSA) is 138 Å². The Kier molecular flexibility index (Phi) is 6.67. The van der Waals surface area contributed by atoms with Crippen LogP contribution in [0.3, 0.4) is 0 Å². The Balaban J connectivity index is 0.00000312. The number of carboxylic acid groups (broad SMARTS) is 3. The number of carboxylic acids is 3. The summed E-state index contributed by atoms with van der Waals surface area (Å²) < 4.78 is 0. The van der Waals surface area contributed by atoms with E-state index in [0.29, 0.717) is 16.7 Å². The number of hydrogen-bond donors (Lipinski definition) is 4. The Bertz CT molecular complexity index is 788. The van der Waals surface area contributed by atoms with Gasteiger partial charge in [-0.2, -0.15) is 0 Å². The summed E-state index contributed by atoms with van der Waals surface area (Å²) >= 11 is 0. The molecule has 1 unspecified atom stereocenters. The Hall–Kier alpha value is -2.90. The molecule has 132 valence electrons. The van der Waals surface area contributed by atoms with E-state index in [2.05, 4.69) is 0 Å². The summed E-state index contributed by atoms with van der Waals surface area (Å²) in [6.07, 6.45) is 0.105. The summed E-state index contributed by atoms with van der Waals surface area (Å²) in [5.41, 5.74) is 6.87. The standard InChI is InChI=1S/C17H15NO6.ClH/c18-14(17(23)24)5-9-2-1-3-10(4-9)11-6-12(15(19)20)8-13(7-11)16(21)22;/h1-4,6-8,14H,5,18H2,(H,19,20)(H,21,22)(H,23,24);1H. The van der Waals surface area contributed by atoms with Gasteiger partial charge in [-0.25, -0.2) is 9.59 Å². The molecule has 0 saturated heterocycles. The predicted molar refractivity (Wildman–Crippen MR) is 92.4 cm³/mol. The second-order valence-corrected chi connectivity index (χ2v) is 5.26. The monoisotopic (exact) mass is 365 g/mol. The largest absolute Gasteiger partial charge is 0.480 e. The van der Waals surface area contributed by atoms with Crippen molar-refractivity contribution in [3.05, 3.63) is 59.2 Å². The van der Waals surface area contributed by atoms with Crippen molar-refractivity contribution in [1.82, 2.24) is 0 Å². The van der Waals surface area contributed by atoms with Gasteiger partial charge in [0.1, 0.15) is 6.04 Å². The molecule has 5 N–H and O–H groups in total. The summed E-state index contributed by atoms with van der Waals surface area (Å²) in [5.74, 6) is -3.59. The number of halogens is 1. The summed E-state index contributed by atoms with van der Waals surface area (Å²) in [6.45, 7) is 0. The fourth-order valence-electron chi connectivity index (χ4n) is 2.26. The van der Waals surface area contributed by atoms with E-state index in [9.17, 15) is 14.4 Å². The highest BCUT2D eigenvalue weighted by Crippen LogP contribution is 2.24. The summed E-state index contributed by atoms with van der Waals surface area (Å²) in [6, 6.07) is 9.48.